The summed E-state index contributed by atoms with van der Waals surface area (Å²) < 4.78 is 10.5. The zero-order valence-corrected chi connectivity index (χ0v) is 13.4. The van der Waals surface area contributed by atoms with Crippen LogP contribution in [0.2, 0.25) is 0 Å². The number of hydrogen-bond donors (Lipinski definition) is 1. The van der Waals surface area contributed by atoms with E-state index in [9.17, 15) is 9.90 Å². The summed E-state index contributed by atoms with van der Waals surface area (Å²) in [6.45, 7) is 5.28. The van der Waals surface area contributed by atoms with Crippen molar-refractivity contribution in [1.82, 2.24) is 9.80 Å². The summed E-state index contributed by atoms with van der Waals surface area (Å²) in [4.78, 5) is 16.6. The van der Waals surface area contributed by atoms with Crippen LogP contribution in [0.3, 0.4) is 0 Å². The molecule has 1 amide bonds. The number of amides is 1. The van der Waals surface area contributed by atoms with Gasteiger partial charge in [-0.1, -0.05) is 0 Å². The molecule has 6 heteroatoms. The second kappa shape index (κ2) is 7.47. The fraction of sp³-hybridized carbons (Fsp3) is 0.562. The van der Waals surface area contributed by atoms with Crippen LogP contribution in [-0.4, -0.2) is 73.9 Å². The molecule has 1 aromatic carbocycles. The average molecular weight is 308 g/mol. The molecule has 0 aliphatic carbocycles. The van der Waals surface area contributed by atoms with Crippen molar-refractivity contribution in [2.24, 2.45) is 0 Å². The van der Waals surface area contributed by atoms with Crippen LogP contribution in [0, 0.1) is 0 Å². The zero-order chi connectivity index (χ0) is 16.1. The number of carbonyl (C=O) groups is 1. The van der Waals surface area contributed by atoms with Crippen molar-refractivity contribution in [1.29, 1.82) is 0 Å². The Bertz CT molecular complexity index is 511. The third kappa shape index (κ3) is 3.90. The molecule has 1 aliphatic heterocycles. The van der Waals surface area contributed by atoms with Crippen LogP contribution in [0.15, 0.2) is 18.2 Å². The van der Waals surface area contributed by atoms with Crippen molar-refractivity contribution in [3.63, 3.8) is 0 Å². The Morgan fingerprint density at radius 1 is 1.23 bits per heavy atom. The molecule has 0 aromatic heterocycles. The summed E-state index contributed by atoms with van der Waals surface area (Å²) in [7, 11) is 3.13. The second-order valence-corrected chi connectivity index (χ2v) is 5.51. The number of benzene rings is 1. The third-order valence-corrected chi connectivity index (χ3v) is 3.82. The first-order valence-corrected chi connectivity index (χ1v) is 7.47. The Balaban J connectivity index is 2.04. The molecule has 0 radical (unpaired) electrons. The molecule has 22 heavy (non-hydrogen) atoms. The number of methoxy groups -OCH3 is 2. The van der Waals surface area contributed by atoms with Crippen LogP contribution >= 0.6 is 0 Å². The average Bonchev–Trinajstić information content (AvgIpc) is 2.53. The Labute approximate surface area is 131 Å². The van der Waals surface area contributed by atoms with Gasteiger partial charge in [0.15, 0.2) is 0 Å². The summed E-state index contributed by atoms with van der Waals surface area (Å²) in [5, 5.41) is 9.42. The maximum absolute atomic E-state index is 12.6. The van der Waals surface area contributed by atoms with Crippen LogP contribution in [0.1, 0.15) is 17.3 Å². The molecule has 1 fully saturated rings. The fourth-order valence-electron chi connectivity index (χ4n) is 2.65. The van der Waals surface area contributed by atoms with Crippen molar-refractivity contribution in [3.05, 3.63) is 23.8 Å². The minimum atomic E-state index is -0.344. The molecule has 1 heterocycles. The normalized spacial score (nSPS) is 17.2. The van der Waals surface area contributed by atoms with E-state index < -0.39 is 0 Å². The highest BCUT2D eigenvalue weighted by atomic mass is 16.5. The molecule has 1 atom stereocenters. The maximum Gasteiger partial charge on any atom is 0.257 e. The van der Waals surface area contributed by atoms with Gasteiger partial charge in [0, 0.05) is 38.8 Å². The van der Waals surface area contributed by atoms with E-state index in [4.69, 9.17) is 9.47 Å². The highest BCUT2D eigenvalue weighted by Crippen LogP contribution is 2.26. The topological polar surface area (TPSA) is 62.2 Å². The lowest BCUT2D eigenvalue weighted by Gasteiger charge is -2.35. The van der Waals surface area contributed by atoms with E-state index in [1.165, 1.54) is 0 Å². The van der Waals surface area contributed by atoms with Crippen molar-refractivity contribution in [3.8, 4) is 11.5 Å². The van der Waals surface area contributed by atoms with Crippen LogP contribution in [-0.2, 0) is 0 Å². The SMILES string of the molecule is COc1ccc(C(=O)N2CCN(C[C@H](C)O)CC2)c(OC)c1. The maximum atomic E-state index is 12.6. The number of ether oxygens (including phenoxy) is 2. The van der Waals surface area contributed by atoms with E-state index in [1.807, 2.05) is 4.90 Å². The van der Waals surface area contributed by atoms with Gasteiger partial charge in [-0.05, 0) is 19.1 Å². The molecule has 6 nitrogen and oxygen atoms in total. The van der Waals surface area contributed by atoms with E-state index in [-0.39, 0.29) is 12.0 Å². The van der Waals surface area contributed by atoms with E-state index in [1.54, 1.807) is 39.3 Å². The highest BCUT2D eigenvalue weighted by molar-refractivity contribution is 5.97. The first-order valence-electron chi connectivity index (χ1n) is 7.47. The molecular formula is C16H24N2O4. The van der Waals surface area contributed by atoms with Gasteiger partial charge in [-0.25, -0.2) is 0 Å². The molecule has 1 saturated heterocycles. The number of rotatable bonds is 5. The van der Waals surface area contributed by atoms with Crippen LogP contribution in [0.5, 0.6) is 11.5 Å². The number of aliphatic hydroxyl groups is 1. The van der Waals surface area contributed by atoms with Gasteiger partial charge in [-0.3, -0.25) is 9.69 Å². The van der Waals surface area contributed by atoms with Crippen molar-refractivity contribution < 1.29 is 19.4 Å². The van der Waals surface area contributed by atoms with Gasteiger partial charge in [0.25, 0.3) is 5.91 Å². The molecule has 1 aliphatic rings. The van der Waals surface area contributed by atoms with E-state index in [0.29, 0.717) is 36.7 Å². The summed E-state index contributed by atoms with van der Waals surface area (Å²) in [6.07, 6.45) is -0.344. The Hall–Kier alpha value is -1.79. The molecule has 0 unspecified atom stereocenters. The number of aliphatic hydroxyl groups excluding tert-OH is 1. The Kier molecular flexibility index (Phi) is 5.63. The molecule has 2 rings (SSSR count). The van der Waals surface area contributed by atoms with Crippen molar-refractivity contribution in [2.75, 3.05) is 46.9 Å². The zero-order valence-electron chi connectivity index (χ0n) is 13.4. The lowest BCUT2D eigenvalue weighted by molar-refractivity contribution is 0.0551. The van der Waals surface area contributed by atoms with Gasteiger partial charge in [-0.2, -0.15) is 0 Å². The van der Waals surface area contributed by atoms with Crippen LogP contribution < -0.4 is 9.47 Å². The van der Waals surface area contributed by atoms with E-state index in [2.05, 4.69) is 4.90 Å². The lowest BCUT2D eigenvalue weighted by atomic mass is 10.1. The fourth-order valence-corrected chi connectivity index (χ4v) is 2.65. The van der Waals surface area contributed by atoms with E-state index >= 15 is 0 Å². The van der Waals surface area contributed by atoms with Gasteiger partial charge in [0.05, 0.1) is 25.9 Å². The molecule has 0 bridgehead atoms. The smallest absolute Gasteiger partial charge is 0.257 e. The Morgan fingerprint density at radius 3 is 2.45 bits per heavy atom. The predicted molar refractivity (Wildman–Crippen MR) is 83.6 cm³/mol. The van der Waals surface area contributed by atoms with Gasteiger partial charge >= 0.3 is 0 Å². The number of hydrogen-bond acceptors (Lipinski definition) is 5. The van der Waals surface area contributed by atoms with E-state index in [0.717, 1.165) is 13.1 Å². The third-order valence-electron chi connectivity index (χ3n) is 3.82. The minimum Gasteiger partial charge on any atom is -0.497 e. The molecule has 122 valence electrons. The summed E-state index contributed by atoms with van der Waals surface area (Å²) >= 11 is 0. The van der Waals surface area contributed by atoms with Gasteiger partial charge in [0.1, 0.15) is 11.5 Å². The molecule has 1 aromatic rings. The van der Waals surface area contributed by atoms with Crippen molar-refractivity contribution >= 4 is 5.91 Å². The number of carbonyl (C=O) groups excluding carboxylic acids is 1. The lowest BCUT2D eigenvalue weighted by Crippen LogP contribution is -2.50. The summed E-state index contributed by atoms with van der Waals surface area (Å²) in [6, 6.07) is 5.22. The monoisotopic (exact) mass is 308 g/mol. The standard InChI is InChI=1S/C16H24N2O4/c1-12(19)11-17-6-8-18(9-7-17)16(20)14-5-4-13(21-2)10-15(14)22-3/h4-5,10,12,19H,6-9,11H2,1-3H3/t12-/m0/s1. The first kappa shape index (κ1) is 16.6. The van der Waals surface area contributed by atoms with Crippen LogP contribution in [0.4, 0.5) is 0 Å². The highest BCUT2D eigenvalue weighted by Gasteiger charge is 2.24. The number of piperazine rings is 1. The minimum absolute atomic E-state index is 0.0313. The van der Waals surface area contributed by atoms with Gasteiger partial charge in [0.2, 0.25) is 0 Å². The number of nitrogens with zero attached hydrogens (tertiary/aromatic N) is 2. The van der Waals surface area contributed by atoms with Crippen molar-refractivity contribution in [2.45, 2.75) is 13.0 Å². The largest absolute Gasteiger partial charge is 0.497 e. The number of β-amino-alcohol motifs (C(OH)–C–C–N with tert-alkyl or cyclic N) is 1. The molecule has 1 N–H and O–H groups in total. The van der Waals surface area contributed by atoms with Gasteiger partial charge < -0.3 is 19.5 Å². The molecule has 0 spiro atoms. The summed E-state index contributed by atoms with van der Waals surface area (Å²) in [5.41, 5.74) is 0.548. The van der Waals surface area contributed by atoms with Crippen LogP contribution in [0.25, 0.3) is 0 Å². The molecule has 0 saturated carbocycles. The second-order valence-electron chi connectivity index (χ2n) is 5.51. The first-order chi connectivity index (χ1) is 10.5. The van der Waals surface area contributed by atoms with Gasteiger partial charge in [-0.15, -0.1) is 0 Å². The predicted octanol–water partition coefficient (Wildman–Crippen LogP) is 0.842. The Morgan fingerprint density at radius 2 is 1.91 bits per heavy atom. The quantitative estimate of drug-likeness (QED) is 0.873. The summed E-state index contributed by atoms with van der Waals surface area (Å²) in [5.74, 6) is 1.15. The molecular weight excluding hydrogens is 284 g/mol.